The van der Waals surface area contributed by atoms with E-state index in [2.05, 4.69) is 15.1 Å². The van der Waals surface area contributed by atoms with Gasteiger partial charge in [-0.3, -0.25) is 9.36 Å². The minimum absolute atomic E-state index is 0.00592. The molecule has 0 bridgehead atoms. The number of nitrogen functional groups attached to an aromatic ring is 1. The Morgan fingerprint density at radius 1 is 1.59 bits per heavy atom. The number of anilines is 1. The lowest BCUT2D eigenvalue weighted by Gasteiger charge is -2.03. The highest BCUT2D eigenvalue weighted by Gasteiger charge is 2.10. The molecule has 0 aliphatic rings. The van der Waals surface area contributed by atoms with Crippen LogP contribution in [0.3, 0.4) is 0 Å². The maximum Gasteiger partial charge on any atom is 0.278 e. The van der Waals surface area contributed by atoms with Crippen LogP contribution in [0.1, 0.15) is 18.6 Å². The van der Waals surface area contributed by atoms with Crippen molar-refractivity contribution in [1.29, 1.82) is 0 Å². The van der Waals surface area contributed by atoms with Crippen molar-refractivity contribution in [3.05, 3.63) is 33.5 Å². The summed E-state index contributed by atoms with van der Waals surface area (Å²) < 4.78 is 6.19. The number of halogens is 1. The number of hydrogen-bond acceptors (Lipinski definition) is 6. The SMILES string of the molecule is CCc1nc(Cn2cnc(Cl)c(N)c2=O)no1. The highest BCUT2D eigenvalue weighted by molar-refractivity contribution is 6.31. The van der Waals surface area contributed by atoms with Gasteiger partial charge in [0.15, 0.2) is 11.0 Å². The van der Waals surface area contributed by atoms with Crippen LogP contribution in [0.25, 0.3) is 0 Å². The van der Waals surface area contributed by atoms with Crippen molar-refractivity contribution in [2.24, 2.45) is 0 Å². The van der Waals surface area contributed by atoms with Gasteiger partial charge in [-0.05, 0) is 0 Å². The van der Waals surface area contributed by atoms with Crippen molar-refractivity contribution < 1.29 is 4.52 Å². The lowest BCUT2D eigenvalue weighted by molar-refractivity contribution is 0.375. The van der Waals surface area contributed by atoms with E-state index in [4.69, 9.17) is 21.9 Å². The summed E-state index contributed by atoms with van der Waals surface area (Å²) in [5, 5.41) is 3.72. The van der Waals surface area contributed by atoms with Crippen molar-refractivity contribution >= 4 is 17.3 Å². The monoisotopic (exact) mass is 255 g/mol. The molecule has 2 aromatic heterocycles. The molecule has 90 valence electrons. The van der Waals surface area contributed by atoms with E-state index in [9.17, 15) is 4.79 Å². The fraction of sp³-hybridized carbons (Fsp3) is 0.333. The number of hydrogen-bond donors (Lipinski definition) is 1. The van der Waals surface area contributed by atoms with Gasteiger partial charge in [-0.15, -0.1) is 0 Å². The second-order valence-corrected chi connectivity index (χ2v) is 3.70. The summed E-state index contributed by atoms with van der Waals surface area (Å²) in [4.78, 5) is 19.6. The molecule has 0 unspecified atom stereocenters. The molecule has 2 aromatic rings. The van der Waals surface area contributed by atoms with Crippen LogP contribution in [-0.2, 0) is 13.0 Å². The molecule has 17 heavy (non-hydrogen) atoms. The van der Waals surface area contributed by atoms with E-state index in [1.54, 1.807) is 0 Å². The third kappa shape index (κ3) is 2.28. The minimum atomic E-state index is -0.423. The highest BCUT2D eigenvalue weighted by Crippen LogP contribution is 2.08. The first-order valence-electron chi connectivity index (χ1n) is 4.93. The van der Waals surface area contributed by atoms with Crippen molar-refractivity contribution in [3.63, 3.8) is 0 Å². The quantitative estimate of drug-likeness (QED) is 0.801. The van der Waals surface area contributed by atoms with Crippen LogP contribution in [0.2, 0.25) is 5.15 Å². The Morgan fingerprint density at radius 2 is 2.35 bits per heavy atom. The van der Waals surface area contributed by atoms with Crippen LogP contribution >= 0.6 is 11.6 Å². The fourth-order valence-electron chi connectivity index (χ4n) is 1.25. The number of aromatic nitrogens is 4. The molecule has 0 spiro atoms. The average Bonchev–Trinajstić information content (AvgIpc) is 2.78. The minimum Gasteiger partial charge on any atom is -0.392 e. The van der Waals surface area contributed by atoms with Gasteiger partial charge in [0, 0.05) is 6.42 Å². The van der Waals surface area contributed by atoms with Gasteiger partial charge in [0.2, 0.25) is 5.89 Å². The largest absolute Gasteiger partial charge is 0.392 e. The third-order valence-electron chi connectivity index (χ3n) is 2.15. The molecule has 0 saturated carbocycles. The first-order chi connectivity index (χ1) is 8.11. The molecular formula is C9H10ClN5O2. The average molecular weight is 256 g/mol. The van der Waals surface area contributed by atoms with Gasteiger partial charge in [-0.2, -0.15) is 4.98 Å². The van der Waals surface area contributed by atoms with Crippen LogP contribution in [0.5, 0.6) is 0 Å². The van der Waals surface area contributed by atoms with E-state index < -0.39 is 5.56 Å². The van der Waals surface area contributed by atoms with E-state index >= 15 is 0 Å². The highest BCUT2D eigenvalue weighted by atomic mass is 35.5. The van der Waals surface area contributed by atoms with Gasteiger partial charge >= 0.3 is 0 Å². The predicted octanol–water partition coefficient (Wildman–Crippen LogP) is 0.473. The third-order valence-corrected chi connectivity index (χ3v) is 2.45. The summed E-state index contributed by atoms with van der Waals surface area (Å²) in [6.45, 7) is 2.04. The topological polar surface area (TPSA) is 99.8 Å². The van der Waals surface area contributed by atoms with Crippen LogP contribution < -0.4 is 11.3 Å². The lowest BCUT2D eigenvalue weighted by atomic mass is 10.5. The van der Waals surface area contributed by atoms with E-state index in [1.165, 1.54) is 10.9 Å². The smallest absolute Gasteiger partial charge is 0.278 e. The van der Waals surface area contributed by atoms with Crippen molar-refractivity contribution in [2.45, 2.75) is 19.9 Å². The molecule has 0 aromatic carbocycles. The Balaban J connectivity index is 2.30. The Bertz CT molecular complexity index is 591. The van der Waals surface area contributed by atoms with Crippen LogP contribution in [0, 0.1) is 0 Å². The molecule has 0 aliphatic heterocycles. The number of nitrogens with zero attached hydrogens (tertiary/aromatic N) is 4. The molecular weight excluding hydrogens is 246 g/mol. The molecule has 2 rings (SSSR count). The number of aryl methyl sites for hydroxylation is 1. The number of rotatable bonds is 3. The number of nitrogens with two attached hydrogens (primary N) is 1. The summed E-state index contributed by atoms with van der Waals surface area (Å²) in [5.41, 5.74) is 4.96. The van der Waals surface area contributed by atoms with Gasteiger partial charge in [-0.1, -0.05) is 23.7 Å². The molecule has 7 nitrogen and oxygen atoms in total. The second kappa shape index (κ2) is 4.54. The predicted molar refractivity (Wildman–Crippen MR) is 60.7 cm³/mol. The molecule has 0 fully saturated rings. The van der Waals surface area contributed by atoms with Crippen molar-refractivity contribution in [2.75, 3.05) is 5.73 Å². The summed E-state index contributed by atoms with van der Waals surface area (Å²) >= 11 is 5.62. The molecule has 0 aliphatic carbocycles. The second-order valence-electron chi connectivity index (χ2n) is 3.34. The Hall–Kier alpha value is -1.89. The van der Waals surface area contributed by atoms with E-state index in [0.29, 0.717) is 18.1 Å². The molecule has 0 atom stereocenters. The molecule has 2 heterocycles. The van der Waals surface area contributed by atoms with E-state index in [0.717, 1.165) is 0 Å². The first-order valence-corrected chi connectivity index (χ1v) is 5.31. The van der Waals surface area contributed by atoms with Crippen LogP contribution in [-0.4, -0.2) is 19.7 Å². The van der Waals surface area contributed by atoms with E-state index in [1.807, 2.05) is 6.92 Å². The zero-order valence-corrected chi connectivity index (χ0v) is 9.81. The van der Waals surface area contributed by atoms with Gasteiger partial charge in [-0.25, -0.2) is 4.98 Å². The Kier molecular flexibility index (Phi) is 3.10. The zero-order valence-electron chi connectivity index (χ0n) is 9.05. The van der Waals surface area contributed by atoms with Crippen LogP contribution in [0.4, 0.5) is 5.69 Å². The lowest BCUT2D eigenvalue weighted by Crippen LogP contribution is -2.24. The Morgan fingerprint density at radius 3 is 3.00 bits per heavy atom. The van der Waals surface area contributed by atoms with Crippen molar-refractivity contribution in [1.82, 2.24) is 19.7 Å². The molecule has 0 amide bonds. The molecule has 8 heteroatoms. The molecule has 0 saturated heterocycles. The van der Waals surface area contributed by atoms with Gasteiger partial charge in [0.25, 0.3) is 5.56 Å². The normalized spacial score (nSPS) is 10.7. The van der Waals surface area contributed by atoms with Gasteiger partial charge in [0.1, 0.15) is 5.69 Å². The Labute approximate surface area is 101 Å². The fourth-order valence-corrected chi connectivity index (χ4v) is 1.37. The summed E-state index contributed by atoms with van der Waals surface area (Å²) in [6, 6.07) is 0. The van der Waals surface area contributed by atoms with Gasteiger partial charge < -0.3 is 10.3 Å². The van der Waals surface area contributed by atoms with Crippen LogP contribution in [0.15, 0.2) is 15.6 Å². The van der Waals surface area contributed by atoms with Gasteiger partial charge in [0.05, 0.1) is 12.9 Å². The maximum atomic E-state index is 11.7. The molecule has 2 N–H and O–H groups in total. The maximum absolute atomic E-state index is 11.7. The zero-order chi connectivity index (χ0) is 12.4. The molecule has 0 radical (unpaired) electrons. The summed E-state index contributed by atoms with van der Waals surface area (Å²) in [5.74, 6) is 0.912. The van der Waals surface area contributed by atoms with Crippen molar-refractivity contribution in [3.8, 4) is 0 Å². The standard InChI is InChI=1S/C9H10ClN5O2/c1-2-6-13-5(14-17-6)3-15-4-12-8(10)7(11)9(15)16/h4H,2-3,11H2,1H3. The van der Waals surface area contributed by atoms with E-state index in [-0.39, 0.29) is 17.4 Å². The summed E-state index contributed by atoms with van der Waals surface area (Å²) in [6.07, 6.45) is 1.94. The summed E-state index contributed by atoms with van der Waals surface area (Å²) in [7, 11) is 0. The first kappa shape index (κ1) is 11.6.